The topological polar surface area (TPSA) is 72.3 Å². The maximum Gasteiger partial charge on any atom is 0.277 e. The first-order chi connectivity index (χ1) is 13.4. The van der Waals surface area contributed by atoms with Crippen molar-refractivity contribution in [3.8, 4) is 11.5 Å². The standard InChI is InChI=1S/C21H27N3O4/c1-23(13-16-7-5-9-18(11-16)27-3)15-21(26)24(2)14-20(25)22-17-8-6-10-19(12-17)28-4/h5-12H,13-15H2,1-4H3,(H,22,25)/p+1. The van der Waals surface area contributed by atoms with E-state index >= 15 is 0 Å². The summed E-state index contributed by atoms with van der Waals surface area (Å²) in [6, 6.07) is 14.9. The molecule has 150 valence electrons. The second kappa shape index (κ2) is 10.3. The lowest BCUT2D eigenvalue weighted by molar-refractivity contribution is -0.885. The van der Waals surface area contributed by atoms with E-state index in [0.29, 0.717) is 24.5 Å². The molecule has 1 unspecified atom stereocenters. The molecule has 7 nitrogen and oxygen atoms in total. The van der Waals surface area contributed by atoms with Crippen molar-refractivity contribution in [3.05, 3.63) is 54.1 Å². The van der Waals surface area contributed by atoms with Gasteiger partial charge in [-0.15, -0.1) is 0 Å². The van der Waals surface area contributed by atoms with Crippen LogP contribution in [0.5, 0.6) is 11.5 Å². The Labute approximate surface area is 165 Å². The predicted molar refractivity (Wildman–Crippen MR) is 108 cm³/mol. The molecule has 2 N–H and O–H groups in total. The fourth-order valence-corrected chi connectivity index (χ4v) is 2.79. The minimum Gasteiger partial charge on any atom is -0.497 e. The van der Waals surface area contributed by atoms with Crippen LogP contribution in [0.15, 0.2) is 48.5 Å². The molecule has 0 heterocycles. The van der Waals surface area contributed by atoms with E-state index in [4.69, 9.17) is 9.47 Å². The summed E-state index contributed by atoms with van der Waals surface area (Å²) in [5.74, 6) is 1.10. The Hall–Kier alpha value is -3.06. The molecule has 0 saturated heterocycles. The highest BCUT2D eigenvalue weighted by atomic mass is 16.5. The van der Waals surface area contributed by atoms with Gasteiger partial charge in [-0.25, -0.2) is 0 Å². The zero-order valence-corrected chi connectivity index (χ0v) is 16.8. The maximum atomic E-state index is 12.4. The molecule has 0 saturated carbocycles. The van der Waals surface area contributed by atoms with Gasteiger partial charge in [-0.1, -0.05) is 18.2 Å². The van der Waals surface area contributed by atoms with Crippen LogP contribution in [-0.2, 0) is 16.1 Å². The number of carbonyl (C=O) groups excluding carboxylic acids is 2. The van der Waals surface area contributed by atoms with Crippen molar-refractivity contribution in [1.82, 2.24) is 4.90 Å². The number of ether oxygens (including phenoxy) is 2. The molecule has 0 fully saturated rings. The summed E-state index contributed by atoms with van der Waals surface area (Å²) in [4.78, 5) is 27.1. The van der Waals surface area contributed by atoms with Gasteiger partial charge >= 0.3 is 0 Å². The van der Waals surface area contributed by atoms with E-state index in [1.54, 1.807) is 45.5 Å². The number of rotatable bonds is 9. The summed E-state index contributed by atoms with van der Waals surface area (Å²) in [6.45, 7) is 0.968. The lowest BCUT2D eigenvalue weighted by atomic mass is 10.2. The highest BCUT2D eigenvalue weighted by molar-refractivity contribution is 5.94. The number of anilines is 1. The van der Waals surface area contributed by atoms with Crippen molar-refractivity contribution in [2.45, 2.75) is 6.54 Å². The molecule has 0 spiro atoms. The van der Waals surface area contributed by atoms with Crippen molar-refractivity contribution in [3.63, 3.8) is 0 Å². The number of hydrogen-bond acceptors (Lipinski definition) is 4. The lowest BCUT2D eigenvalue weighted by Crippen LogP contribution is -3.08. The first kappa shape index (κ1) is 21.2. The SMILES string of the molecule is COc1cccc(C[NH+](C)CC(=O)N(C)CC(=O)Nc2cccc(OC)c2)c1. The number of amides is 2. The van der Waals surface area contributed by atoms with Gasteiger partial charge in [0.05, 0.1) is 27.8 Å². The van der Waals surface area contributed by atoms with Crippen LogP contribution in [0.3, 0.4) is 0 Å². The number of carbonyl (C=O) groups is 2. The Morgan fingerprint density at radius 1 is 1.04 bits per heavy atom. The first-order valence-electron chi connectivity index (χ1n) is 9.03. The average Bonchev–Trinajstić information content (AvgIpc) is 2.67. The van der Waals surface area contributed by atoms with Gasteiger partial charge in [-0.3, -0.25) is 9.59 Å². The van der Waals surface area contributed by atoms with Crippen LogP contribution >= 0.6 is 0 Å². The second-order valence-electron chi connectivity index (χ2n) is 6.69. The van der Waals surface area contributed by atoms with Gasteiger partial charge in [0.15, 0.2) is 6.54 Å². The number of hydrogen-bond donors (Lipinski definition) is 2. The van der Waals surface area contributed by atoms with E-state index in [1.807, 2.05) is 31.3 Å². The molecule has 7 heteroatoms. The molecule has 0 aliphatic heterocycles. The summed E-state index contributed by atoms with van der Waals surface area (Å²) in [5.41, 5.74) is 1.72. The van der Waals surface area contributed by atoms with Crippen LogP contribution in [0.25, 0.3) is 0 Å². The molecule has 0 bridgehead atoms. The molecule has 2 aromatic rings. The Bertz CT molecular complexity index is 810. The van der Waals surface area contributed by atoms with Crippen molar-refractivity contribution in [1.29, 1.82) is 0 Å². The van der Waals surface area contributed by atoms with E-state index in [2.05, 4.69) is 5.32 Å². The fourth-order valence-electron chi connectivity index (χ4n) is 2.79. The molecule has 2 amide bonds. The third-order valence-electron chi connectivity index (χ3n) is 4.25. The van der Waals surface area contributed by atoms with Gasteiger partial charge in [-0.2, -0.15) is 0 Å². The monoisotopic (exact) mass is 386 g/mol. The van der Waals surface area contributed by atoms with Crippen LogP contribution in [0.4, 0.5) is 5.69 Å². The maximum absolute atomic E-state index is 12.4. The van der Waals surface area contributed by atoms with Crippen LogP contribution in [-0.4, -0.2) is 58.1 Å². The van der Waals surface area contributed by atoms with Crippen LogP contribution in [0.2, 0.25) is 0 Å². The molecular formula is C21H28N3O4+. The van der Waals surface area contributed by atoms with Gasteiger partial charge in [0, 0.05) is 24.4 Å². The lowest BCUT2D eigenvalue weighted by Gasteiger charge is -2.20. The normalized spacial score (nSPS) is 11.4. The summed E-state index contributed by atoms with van der Waals surface area (Å²) >= 11 is 0. The molecule has 0 aliphatic carbocycles. The smallest absolute Gasteiger partial charge is 0.277 e. The highest BCUT2D eigenvalue weighted by Crippen LogP contribution is 2.16. The third-order valence-corrected chi connectivity index (χ3v) is 4.25. The Morgan fingerprint density at radius 2 is 1.68 bits per heavy atom. The van der Waals surface area contributed by atoms with Gasteiger partial charge in [0.25, 0.3) is 5.91 Å². The van der Waals surface area contributed by atoms with E-state index in [9.17, 15) is 9.59 Å². The molecule has 2 rings (SSSR count). The molecule has 1 atom stereocenters. The second-order valence-corrected chi connectivity index (χ2v) is 6.69. The zero-order valence-electron chi connectivity index (χ0n) is 16.8. The molecule has 0 aliphatic rings. The van der Waals surface area contributed by atoms with Gasteiger partial charge in [-0.05, 0) is 24.3 Å². The summed E-state index contributed by atoms with van der Waals surface area (Å²) < 4.78 is 10.4. The van der Waals surface area contributed by atoms with Crippen molar-refractivity contribution in [2.24, 2.45) is 0 Å². The predicted octanol–water partition coefficient (Wildman–Crippen LogP) is 0.816. The van der Waals surface area contributed by atoms with E-state index in [-0.39, 0.29) is 18.4 Å². The quantitative estimate of drug-likeness (QED) is 0.669. The van der Waals surface area contributed by atoms with Crippen molar-refractivity contribution >= 4 is 17.5 Å². The van der Waals surface area contributed by atoms with Crippen LogP contribution < -0.4 is 19.7 Å². The minimum absolute atomic E-state index is 0.0114. The first-order valence-corrected chi connectivity index (χ1v) is 9.03. The number of methoxy groups -OCH3 is 2. The molecule has 28 heavy (non-hydrogen) atoms. The summed E-state index contributed by atoms with van der Waals surface area (Å²) in [5, 5.41) is 2.77. The van der Waals surface area contributed by atoms with Gasteiger partial charge < -0.3 is 24.6 Å². The molecule has 2 aromatic carbocycles. The number of benzene rings is 2. The average molecular weight is 386 g/mol. The van der Waals surface area contributed by atoms with Gasteiger partial charge in [0.2, 0.25) is 5.91 Å². The van der Waals surface area contributed by atoms with Crippen LogP contribution in [0.1, 0.15) is 5.56 Å². The van der Waals surface area contributed by atoms with E-state index in [1.165, 1.54) is 4.90 Å². The zero-order chi connectivity index (χ0) is 20.5. The molecular weight excluding hydrogens is 358 g/mol. The number of nitrogens with zero attached hydrogens (tertiary/aromatic N) is 1. The molecule has 0 aromatic heterocycles. The number of quaternary nitrogens is 1. The van der Waals surface area contributed by atoms with E-state index in [0.717, 1.165) is 16.2 Å². The minimum atomic E-state index is -0.255. The number of likely N-dealkylation sites (N-methyl/N-ethyl adjacent to an activating group) is 2. The third kappa shape index (κ3) is 6.59. The number of nitrogens with one attached hydrogen (secondary N) is 2. The summed E-state index contributed by atoms with van der Waals surface area (Å²) in [7, 11) is 6.77. The Morgan fingerprint density at radius 3 is 2.36 bits per heavy atom. The molecule has 0 radical (unpaired) electrons. The van der Waals surface area contributed by atoms with E-state index < -0.39 is 0 Å². The van der Waals surface area contributed by atoms with Gasteiger partial charge in [0.1, 0.15) is 18.0 Å². The van der Waals surface area contributed by atoms with Crippen LogP contribution in [0, 0.1) is 0 Å². The summed E-state index contributed by atoms with van der Waals surface area (Å²) in [6.07, 6.45) is 0. The Kier molecular flexibility index (Phi) is 7.83. The largest absolute Gasteiger partial charge is 0.497 e. The highest BCUT2D eigenvalue weighted by Gasteiger charge is 2.17. The fraction of sp³-hybridized carbons (Fsp3) is 0.333. The van der Waals surface area contributed by atoms with Crippen molar-refractivity contribution in [2.75, 3.05) is 46.7 Å². The Balaban J connectivity index is 1.83. The van der Waals surface area contributed by atoms with Crippen molar-refractivity contribution < 1.29 is 24.0 Å².